The molecule has 1 amide bonds. The van der Waals surface area contributed by atoms with Crippen LogP contribution in [0.2, 0.25) is 0 Å². The molecule has 0 saturated heterocycles. The molecule has 20 heavy (non-hydrogen) atoms. The number of benzene rings is 1. The topological polar surface area (TPSA) is 45.3 Å². The van der Waals surface area contributed by atoms with Crippen LogP contribution in [0, 0.1) is 0 Å². The maximum absolute atomic E-state index is 11.7. The SMILES string of the molecule is CCOC(=O)N1CC=C(c2cccc3[nH]ccc23)CC1. The smallest absolute Gasteiger partial charge is 0.410 e. The third-order valence-corrected chi connectivity index (χ3v) is 3.68. The zero-order valence-corrected chi connectivity index (χ0v) is 11.6. The number of ether oxygens (including phenoxy) is 1. The van der Waals surface area contributed by atoms with E-state index in [0.717, 1.165) is 11.9 Å². The van der Waals surface area contributed by atoms with Gasteiger partial charge in [0.2, 0.25) is 0 Å². The highest BCUT2D eigenvalue weighted by atomic mass is 16.6. The van der Waals surface area contributed by atoms with Gasteiger partial charge in [-0.2, -0.15) is 0 Å². The van der Waals surface area contributed by atoms with Crippen LogP contribution in [-0.4, -0.2) is 35.7 Å². The first-order valence-corrected chi connectivity index (χ1v) is 6.97. The van der Waals surface area contributed by atoms with Crippen molar-refractivity contribution in [3.05, 3.63) is 42.1 Å². The van der Waals surface area contributed by atoms with Crippen molar-refractivity contribution < 1.29 is 9.53 Å². The first-order chi connectivity index (χ1) is 9.79. The normalized spacial score (nSPS) is 15.2. The summed E-state index contributed by atoms with van der Waals surface area (Å²) in [5.74, 6) is 0. The van der Waals surface area contributed by atoms with Gasteiger partial charge < -0.3 is 14.6 Å². The number of nitrogens with one attached hydrogen (secondary N) is 1. The molecule has 0 saturated carbocycles. The molecule has 1 aliphatic rings. The van der Waals surface area contributed by atoms with E-state index in [1.54, 1.807) is 4.90 Å². The number of amides is 1. The molecule has 0 bridgehead atoms. The Kier molecular flexibility index (Phi) is 3.46. The van der Waals surface area contributed by atoms with Crippen molar-refractivity contribution in [2.75, 3.05) is 19.7 Å². The second kappa shape index (κ2) is 5.41. The van der Waals surface area contributed by atoms with E-state index in [4.69, 9.17) is 4.74 Å². The van der Waals surface area contributed by atoms with Crippen molar-refractivity contribution in [3.63, 3.8) is 0 Å². The third-order valence-electron chi connectivity index (χ3n) is 3.68. The van der Waals surface area contributed by atoms with Gasteiger partial charge in [-0.15, -0.1) is 0 Å². The summed E-state index contributed by atoms with van der Waals surface area (Å²) in [6.07, 6.45) is 4.73. The molecule has 2 aromatic rings. The summed E-state index contributed by atoms with van der Waals surface area (Å²) in [6, 6.07) is 8.38. The van der Waals surface area contributed by atoms with Gasteiger partial charge >= 0.3 is 6.09 Å². The van der Waals surface area contributed by atoms with Crippen LogP contribution in [0.5, 0.6) is 0 Å². The molecule has 4 heteroatoms. The fraction of sp³-hybridized carbons (Fsp3) is 0.312. The molecule has 104 valence electrons. The molecule has 0 atom stereocenters. The van der Waals surface area contributed by atoms with E-state index in [2.05, 4.69) is 35.3 Å². The van der Waals surface area contributed by atoms with Crippen LogP contribution < -0.4 is 0 Å². The lowest BCUT2D eigenvalue weighted by molar-refractivity contribution is 0.111. The summed E-state index contributed by atoms with van der Waals surface area (Å²) >= 11 is 0. The molecule has 0 unspecified atom stereocenters. The lowest BCUT2D eigenvalue weighted by atomic mass is 9.97. The number of H-pyrrole nitrogens is 1. The molecule has 1 N–H and O–H groups in total. The van der Waals surface area contributed by atoms with E-state index in [-0.39, 0.29) is 6.09 Å². The molecule has 0 fully saturated rings. The zero-order valence-electron chi connectivity index (χ0n) is 11.6. The van der Waals surface area contributed by atoms with E-state index >= 15 is 0 Å². The predicted molar refractivity (Wildman–Crippen MR) is 79.5 cm³/mol. The van der Waals surface area contributed by atoms with Crippen LogP contribution in [0.15, 0.2) is 36.5 Å². The minimum atomic E-state index is -0.220. The van der Waals surface area contributed by atoms with Crippen molar-refractivity contribution in [1.82, 2.24) is 9.88 Å². The van der Waals surface area contributed by atoms with Gasteiger partial charge in [0.1, 0.15) is 0 Å². The van der Waals surface area contributed by atoms with Crippen molar-refractivity contribution in [2.45, 2.75) is 13.3 Å². The lowest BCUT2D eigenvalue weighted by Crippen LogP contribution is -2.35. The fourth-order valence-corrected chi connectivity index (χ4v) is 2.66. The number of nitrogens with zero attached hydrogens (tertiary/aromatic N) is 1. The monoisotopic (exact) mass is 270 g/mol. The van der Waals surface area contributed by atoms with Gasteiger partial charge in [-0.1, -0.05) is 18.2 Å². The number of aromatic nitrogens is 1. The quantitative estimate of drug-likeness (QED) is 0.908. The van der Waals surface area contributed by atoms with Gasteiger partial charge in [-0.25, -0.2) is 4.79 Å². The highest BCUT2D eigenvalue weighted by Gasteiger charge is 2.19. The third kappa shape index (κ3) is 2.29. The van der Waals surface area contributed by atoms with Crippen LogP contribution in [0.3, 0.4) is 0 Å². The number of carbonyl (C=O) groups is 1. The number of rotatable bonds is 2. The Morgan fingerprint density at radius 3 is 3.05 bits per heavy atom. The van der Waals surface area contributed by atoms with Gasteiger partial charge in [0.15, 0.2) is 0 Å². The highest BCUT2D eigenvalue weighted by molar-refractivity contribution is 5.92. The average Bonchev–Trinajstić information content (AvgIpc) is 2.96. The molecule has 1 aromatic heterocycles. The number of carbonyl (C=O) groups excluding carboxylic acids is 1. The molecule has 3 rings (SSSR count). The molecular weight excluding hydrogens is 252 g/mol. The maximum atomic E-state index is 11.7. The molecular formula is C16H18N2O2. The minimum absolute atomic E-state index is 0.220. The van der Waals surface area contributed by atoms with Crippen molar-refractivity contribution >= 4 is 22.6 Å². The van der Waals surface area contributed by atoms with Crippen molar-refractivity contribution in [3.8, 4) is 0 Å². The Hall–Kier alpha value is -2.23. The molecule has 1 aliphatic heterocycles. The van der Waals surface area contributed by atoms with E-state index < -0.39 is 0 Å². The van der Waals surface area contributed by atoms with Gasteiger partial charge in [0, 0.05) is 30.2 Å². The lowest BCUT2D eigenvalue weighted by Gasteiger charge is -2.26. The number of hydrogen-bond acceptors (Lipinski definition) is 2. The summed E-state index contributed by atoms with van der Waals surface area (Å²) in [5, 5.41) is 1.24. The summed E-state index contributed by atoms with van der Waals surface area (Å²) in [6.45, 7) is 3.59. The Morgan fingerprint density at radius 1 is 1.40 bits per heavy atom. The predicted octanol–water partition coefficient (Wildman–Crippen LogP) is 3.41. The van der Waals surface area contributed by atoms with Crippen molar-refractivity contribution in [2.24, 2.45) is 0 Å². The Balaban J connectivity index is 1.83. The van der Waals surface area contributed by atoms with Crippen LogP contribution in [0.4, 0.5) is 4.79 Å². The average molecular weight is 270 g/mol. The second-order valence-corrected chi connectivity index (χ2v) is 4.87. The highest BCUT2D eigenvalue weighted by Crippen LogP contribution is 2.28. The van der Waals surface area contributed by atoms with Gasteiger partial charge in [0.25, 0.3) is 0 Å². The number of fused-ring (bicyclic) bond motifs is 1. The van der Waals surface area contributed by atoms with Crippen LogP contribution in [0.1, 0.15) is 18.9 Å². The second-order valence-electron chi connectivity index (χ2n) is 4.87. The number of hydrogen-bond donors (Lipinski definition) is 1. The van der Waals surface area contributed by atoms with Crippen LogP contribution >= 0.6 is 0 Å². The molecule has 2 heterocycles. The largest absolute Gasteiger partial charge is 0.450 e. The minimum Gasteiger partial charge on any atom is -0.450 e. The van der Waals surface area contributed by atoms with Crippen molar-refractivity contribution in [1.29, 1.82) is 0 Å². The summed E-state index contributed by atoms with van der Waals surface area (Å²) < 4.78 is 5.03. The Labute approximate surface area is 118 Å². The van der Waals surface area contributed by atoms with E-state index in [0.29, 0.717) is 19.7 Å². The van der Waals surface area contributed by atoms with Gasteiger partial charge in [-0.05, 0) is 36.6 Å². The molecule has 4 nitrogen and oxygen atoms in total. The maximum Gasteiger partial charge on any atom is 0.410 e. The van der Waals surface area contributed by atoms with E-state index in [1.165, 1.54) is 16.5 Å². The first-order valence-electron chi connectivity index (χ1n) is 6.97. The fourth-order valence-electron chi connectivity index (χ4n) is 2.66. The summed E-state index contributed by atoms with van der Waals surface area (Å²) in [5.41, 5.74) is 3.71. The van der Waals surface area contributed by atoms with Gasteiger partial charge in [-0.3, -0.25) is 0 Å². The molecule has 0 spiro atoms. The molecule has 0 aliphatic carbocycles. The number of aromatic amines is 1. The van der Waals surface area contributed by atoms with E-state index in [9.17, 15) is 4.79 Å². The zero-order chi connectivity index (χ0) is 13.9. The van der Waals surface area contributed by atoms with Gasteiger partial charge in [0.05, 0.1) is 6.61 Å². The summed E-state index contributed by atoms with van der Waals surface area (Å²) in [4.78, 5) is 16.7. The Bertz CT molecular complexity index is 657. The summed E-state index contributed by atoms with van der Waals surface area (Å²) in [7, 11) is 0. The Morgan fingerprint density at radius 2 is 2.30 bits per heavy atom. The van der Waals surface area contributed by atoms with Crippen LogP contribution in [0.25, 0.3) is 16.5 Å². The molecule has 0 radical (unpaired) electrons. The van der Waals surface area contributed by atoms with Crippen LogP contribution in [-0.2, 0) is 4.74 Å². The first kappa shape index (κ1) is 12.8. The standard InChI is InChI=1S/C16H18N2O2/c1-2-20-16(19)18-10-7-12(8-11-18)13-4-3-5-15-14(13)6-9-17-15/h3-7,9,17H,2,8,10-11H2,1H3. The van der Waals surface area contributed by atoms with E-state index in [1.807, 2.05) is 13.1 Å². The molecule has 1 aromatic carbocycles.